The van der Waals surface area contributed by atoms with Crippen LogP contribution in [0.1, 0.15) is 13.3 Å². The molecule has 0 amide bonds. The minimum Gasteiger partial charge on any atom is -0.434 e. The lowest BCUT2D eigenvalue weighted by Gasteiger charge is -2.40. The molecule has 0 aliphatic carbocycles. The third kappa shape index (κ3) is 5.23. The fourth-order valence-corrected chi connectivity index (χ4v) is 4.19. The third-order valence-corrected chi connectivity index (χ3v) is 6.39. The highest BCUT2D eigenvalue weighted by molar-refractivity contribution is 7.99. The van der Waals surface area contributed by atoms with Crippen molar-refractivity contribution in [2.24, 2.45) is 5.73 Å². The fraction of sp³-hybridized carbons (Fsp3) is 0.409. The molecule has 1 atom stereocenters. The zero-order valence-electron chi connectivity index (χ0n) is 17.3. The molecule has 7 heteroatoms. The highest BCUT2D eigenvalue weighted by Gasteiger charge is 2.31. The van der Waals surface area contributed by atoms with Gasteiger partial charge in [0.05, 0.1) is 38.6 Å². The number of hydrogen-bond donors (Lipinski definition) is 1. The lowest BCUT2D eigenvalue weighted by atomic mass is 10.1. The number of likely N-dealkylation sites (N-methyl/N-ethyl adjacent to an activating group) is 1. The standard InChI is InChI=1S/C22H30N3O3S/c1-17(25(2,3)16-28-22(26)27-14-8-13-23)15-24-18-9-4-6-11-20(18)29-21-12-7-5-10-19(21)24/h4-7,9-12,17H,8,13-16,23H2,1-3H3/q+1. The quantitative estimate of drug-likeness (QED) is 0.301. The van der Waals surface area contributed by atoms with Crippen molar-refractivity contribution < 1.29 is 18.8 Å². The van der Waals surface area contributed by atoms with Crippen molar-refractivity contribution in [1.82, 2.24) is 0 Å². The number of carbonyl (C=O) groups is 1. The largest absolute Gasteiger partial charge is 0.512 e. The Morgan fingerprint density at radius 3 is 2.24 bits per heavy atom. The Balaban J connectivity index is 1.69. The summed E-state index contributed by atoms with van der Waals surface area (Å²) in [6.45, 7) is 4.00. The number of benzene rings is 2. The molecule has 3 rings (SSSR count). The van der Waals surface area contributed by atoms with Gasteiger partial charge in [0.2, 0.25) is 6.73 Å². The fourth-order valence-electron chi connectivity index (χ4n) is 3.09. The molecule has 0 saturated heterocycles. The summed E-state index contributed by atoms with van der Waals surface area (Å²) >= 11 is 1.80. The number of rotatable bonds is 8. The molecule has 0 bridgehead atoms. The molecule has 2 aromatic carbocycles. The molecule has 0 fully saturated rings. The van der Waals surface area contributed by atoms with E-state index in [1.165, 1.54) is 21.2 Å². The van der Waals surface area contributed by atoms with Gasteiger partial charge in [-0.1, -0.05) is 36.0 Å². The number of carbonyl (C=O) groups excluding carboxylic acids is 1. The maximum absolute atomic E-state index is 11.8. The van der Waals surface area contributed by atoms with Crippen LogP contribution in [0.15, 0.2) is 58.3 Å². The van der Waals surface area contributed by atoms with Crippen LogP contribution < -0.4 is 10.6 Å². The second-order valence-corrected chi connectivity index (χ2v) is 8.87. The van der Waals surface area contributed by atoms with Gasteiger partial charge in [0.15, 0.2) is 0 Å². The van der Waals surface area contributed by atoms with E-state index in [-0.39, 0.29) is 19.4 Å². The smallest absolute Gasteiger partial charge is 0.434 e. The van der Waals surface area contributed by atoms with Gasteiger partial charge in [0.25, 0.3) is 0 Å². The number of nitrogens with two attached hydrogens (primary N) is 1. The molecule has 1 unspecified atom stereocenters. The molecule has 0 spiro atoms. The molecule has 0 saturated carbocycles. The number of hydrogen-bond acceptors (Lipinski definition) is 6. The average Bonchev–Trinajstić information content (AvgIpc) is 2.72. The van der Waals surface area contributed by atoms with Crippen LogP contribution in [0.4, 0.5) is 16.2 Å². The molecular weight excluding hydrogens is 386 g/mol. The molecule has 156 valence electrons. The van der Waals surface area contributed by atoms with Crippen LogP contribution in [0.2, 0.25) is 0 Å². The minimum absolute atomic E-state index is 0.205. The van der Waals surface area contributed by atoms with Gasteiger partial charge >= 0.3 is 6.16 Å². The van der Waals surface area contributed by atoms with Crippen molar-refractivity contribution in [2.45, 2.75) is 29.2 Å². The van der Waals surface area contributed by atoms with Gasteiger partial charge in [0.1, 0.15) is 6.04 Å². The summed E-state index contributed by atoms with van der Waals surface area (Å²) in [5.74, 6) is 0. The predicted molar refractivity (Wildman–Crippen MR) is 117 cm³/mol. The summed E-state index contributed by atoms with van der Waals surface area (Å²) in [6.07, 6.45) is -0.00265. The number of ether oxygens (including phenoxy) is 2. The van der Waals surface area contributed by atoms with Crippen molar-refractivity contribution in [3.8, 4) is 0 Å². The van der Waals surface area contributed by atoms with Crippen molar-refractivity contribution in [1.29, 1.82) is 0 Å². The predicted octanol–water partition coefficient (Wildman–Crippen LogP) is 4.21. The Morgan fingerprint density at radius 2 is 1.66 bits per heavy atom. The minimum atomic E-state index is -0.637. The zero-order valence-corrected chi connectivity index (χ0v) is 18.2. The summed E-state index contributed by atoms with van der Waals surface area (Å²) in [7, 11) is 4.13. The Morgan fingerprint density at radius 1 is 1.07 bits per heavy atom. The van der Waals surface area contributed by atoms with E-state index in [4.69, 9.17) is 15.2 Å². The first-order chi connectivity index (χ1) is 13.9. The maximum atomic E-state index is 11.8. The van der Waals surface area contributed by atoms with Gasteiger partial charge < -0.3 is 20.1 Å². The van der Waals surface area contributed by atoms with Crippen molar-refractivity contribution in [2.75, 3.05) is 45.4 Å². The second-order valence-electron chi connectivity index (χ2n) is 7.79. The number of para-hydroxylation sites is 2. The van der Waals surface area contributed by atoms with Gasteiger partial charge in [-0.2, -0.15) is 0 Å². The normalized spacial score (nSPS) is 14.0. The van der Waals surface area contributed by atoms with Crippen molar-refractivity contribution in [3.63, 3.8) is 0 Å². The van der Waals surface area contributed by atoms with E-state index in [2.05, 4.69) is 74.4 Å². The van der Waals surface area contributed by atoms with Gasteiger partial charge in [0, 0.05) is 9.79 Å². The van der Waals surface area contributed by atoms with Crippen LogP contribution in [0.25, 0.3) is 0 Å². The van der Waals surface area contributed by atoms with Gasteiger partial charge in [-0.3, -0.25) is 4.48 Å². The summed E-state index contributed by atoms with van der Waals surface area (Å²) < 4.78 is 10.9. The maximum Gasteiger partial charge on any atom is 0.512 e. The van der Waals surface area contributed by atoms with Crippen LogP contribution >= 0.6 is 11.8 Å². The molecule has 1 aliphatic rings. The molecule has 6 nitrogen and oxygen atoms in total. The van der Waals surface area contributed by atoms with Crippen LogP contribution in [-0.2, 0) is 9.47 Å². The lowest BCUT2D eigenvalue weighted by molar-refractivity contribution is -0.927. The topological polar surface area (TPSA) is 64.8 Å². The average molecular weight is 417 g/mol. The van der Waals surface area contributed by atoms with E-state index in [9.17, 15) is 4.79 Å². The molecule has 29 heavy (non-hydrogen) atoms. The summed E-state index contributed by atoms with van der Waals surface area (Å²) in [5.41, 5.74) is 7.84. The Labute approximate surface area is 177 Å². The zero-order chi connectivity index (χ0) is 20.9. The van der Waals surface area contributed by atoms with Gasteiger partial charge in [-0.05, 0) is 44.2 Å². The summed E-state index contributed by atoms with van der Waals surface area (Å²) in [4.78, 5) is 16.7. The van der Waals surface area contributed by atoms with Gasteiger partial charge in [-0.15, -0.1) is 0 Å². The molecular formula is C22H30N3O3S+. The number of nitrogens with zero attached hydrogens (tertiary/aromatic N) is 2. The molecule has 0 aromatic heterocycles. The SMILES string of the molecule is CC(CN1c2ccccc2Sc2ccccc21)[N+](C)(C)COC(=O)OCCCN. The van der Waals surface area contributed by atoms with Crippen LogP contribution in [0.5, 0.6) is 0 Å². The van der Waals surface area contributed by atoms with E-state index in [0.29, 0.717) is 17.4 Å². The summed E-state index contributed by atoms with van der Waals surface area (Å²) in [6, 6.07) is 17.2. The van der Waals surface area contributed by atoms with Crippen molar-refractivity contribution >= 4 is 29.3 Å². The molecule has 1 heterocycles. The first-order valence-electron chi connectivity index (χ1n) is 9.88. The molecule has 0 radical (unpaired) electrons. The third-order valence-electron chi connectivity index (χ3n) is 5.26. The highest BCUT2D eigenvalue weighted by Crippen LogP contribution is 2.47. The van der Waals surface area contributed by atoms with E-state index in [1.807, 2.05) is 0 Å². The van der Waals surface area contributed by atoms with Crippen LogP contribution in [0.3, 0.4) is 0 Å². The lowest BCUT2D eigenvalue weighted by Crippen LogP contribution is -2.53. The number of anilines is 2. The monoisotopic (exact) mass is 416 g/mol. The molecule has 2 aromatic rings. The van der Waals surface area contributed by atoms with Crippen LogP contribution in [0, 0.1) is 0 Å². The molecule has 1 aliphatic heterocycles. The van der Waals surface area contributed by atoms with E-state index in [0.717, 1.165) is 6.54 Å². The number of fused-ring (bicyclic) bond motifs is 2. The highest BCUT2D eigenvalue weighted by atomic mass is 32.2. The first kappa shape index (κ1) is 21.5. The van der Waals surface area contributed by atoms with E-state index >= 15 is 0 Å². The Hall–Kier alpha value is -2.22. The van der Waals surface area contributed by atoms with E-state index in [1.54, 1.807) is 11.8 Å². The van der Waals surface area contributed by atoms with Crippen LogP contribution in [-0.4, -0.2) is 57.2 Å². The van der Waals surface area contributed by atoms with E-state index < -0.39 is 6.16 Å². The Kier molecular flexibility index (Phi) is 7.05. The van der Waals surface area contributed by atoms with Crippen molar-refractivity contribution in [3.05, 3.63) is 48.5 Å². The second kappa shape index (κ2) is 9.52. The summed E-state index contributed by atoms with van der Waals surface area (Å²) in [5, 5.41) is 0. The van der Waals surface area contributed by atoms with Gasteiger partial charge in [-0.25, -0.2) is 4.79 Å². The number of quaternary nitrogens is 1. The first-order valence-corrected chi connectivity index (χ1v) is 10.7. The molecule has 2 N–H and O–H groups in total. The Bertz CT molecular complexity index is 798.